The lowest BCUT2D eigenvalue weighted by molar-refractivity contribution is 0.173. The number of rotatable bonds is 0. The first-order chi connectivity index (χ1) is 5.27. The summed E-state index contributed by atoms with van der Waals surface area (Å²) < 4.78 is 10.4. The average Bonchev–Trinajstić information content (AvgIpc) is 2.34. The van der Waals surface area contributed by atoms with Crippen molar-refractivity contribution in [1.29, 1.82) is 0 Å². The number of aryl methyl sites for hydroxylation is 1. The molecule has 0 amide bonds. The Morgan fingerprint density at radius 2 is 2.18 bits per heavy atom. The van der Waals surface area contributed by atoms with Gasteiger partial charge in [-0.25, -0.2) is 0 Å². The highest BCUT2D eigenvalue weighted by Gasteiger charge is 2.15. The quantitative estimate of drug-likeness (QED) is 0.595. The molecule has 1 aromatic rings. The van der Waals surface area contributed by atoms with E-state index < -0.39 is 0 Å². The summed E-state index contributed by atoms with van der Waals surface area (Å²) >= 11 is 5.79. The van der Waals surface area contributed by atoms with Crippen LogP contribution in [0.5, 0.6) is 11.5 Å². The maximum atomic E-state index is 5.79. The minimum atomic E-state index is 0.302. The molecule has 3 heteroatoms. The molecule has 0 unspecified atom stereocenters. The van der Waals surface area contributed by atoms with Crippen molar-refractivity contribution in [2.24, 2.45) is 0 Å². The van der Waals surface area contributed by atoms with Gasteiger partial charge in [0.15, 0.2) is 11.5 Å². The van der Waals surface area contributed by atoms with Gasteiger partial charge in [0.1, 0.15) is 0 Å². The van der Waals surface area contributed by atoms with E-state index in [4.69, 9.17) is 21.1 Å². The Morgan fingerprint density at radius 3 is 3.00 bits per heavy atom. The van der Waals surface area contributed by atoms with Gasteiger partial charge in [-0.05, 0) is 18.6 Å². The van der Waals surface area contributed by atoms with Gasteiger partial charge in [-0.1, -0.05) is 11.6 Å². The van der Waals surface area contributed by atoms with Crippen LogP contribution in [0.1, 0.15) is 5.56 Å². The molecule has 1 aromatic carbocycles. The van der Waals surface area contributed by atoms with Crippen molar-refractivity contribution in [2.45, 2.75) is 6.92 Å². The molecule has 0 atom stereocenters. The smallest absolute Gasteiger partial charge is 0.231 e. The van der Waals surface area contributed by atoms with Crippen molar-refractivity contribution in [2.75, 3.05) is 6.79 Å². The number of fused-ring (bicyclic) bond motifs is 1. The summed E-state index contributed by atoms with van der Waals surface area (Å²) in [6, 6.07) is 3.62. The zero-order valence-electron chi connectivity index (χ0n) is 6.06. The van der Waals surface area contributed by atoms with E-state index in [1.54, 1.807) is 6.07 Å². The van der Waals surface area contributed by atoms with E-state index in [9.17, 15) is 0 Å². The maximum Gasteiger partial charge on any atom is 0.231 e. The lowest BCUT2D eigenvalue weighted by Gasteiger charge is -1.99. The highest BCUT2D eigenvalue weighted by atomic mass is 35.5. The van der Waals surface area contributed by atoms with E-state index in [0.717, 1.165) is 17.1 Å². The molecule has 2 nitrogen and oxygen atoms in total. The minimum Gasteiger partial charge on any atom is -0.454 e. The van der Waals surface area contributed by atoms with Crippen molar-refractivity contribution in [3.63, 3.8) is 0 Å². The number of hydrogen-bond acceptors (Lipinski definition) is 2. The van der Waals surface area contributed by atoms with Crippen LogP contribution in [0, 0.1) is 6.92 Å². The summed E-state index contributed by atoms with van der Waals surface area (Å²) in [5.41, 5.74) is 1.02. The number of halogens is 1. The lowest BCUT2D eigenvalue weighted by Crippen LogP contribution is -1.93. The zero-order chi connectivity index (χ0) is 7.84. The molecular formula is C8H7ClO2. The van der Waals surface area contributed by atoms with Gasteiger partial charge in [0.2, 0.25) is 6.79 Å². The van der Waals surface area contributed by atoms with Gasteiger partial charge < -0.3 is 9.47 Å². The fourth-order valence-corrected chi connectivity index (χ4v) is 1.41. The molecule has 58 valence electrons. The third kappa shape index (κ3) is 1.03. The molecule has 0 aliphatic carbocycles. The monoisotopic (exact) mass is 170 g/mol. The lowest BCUT2D eigenvalue weighted by atomic mass is 10.2. The molecule has 0 N–H and O–H groups in total. The average molecular weight is 171 g/mol. The first-order valence-electron chi connectivity index (χ1n) is 3.33. The third-order valence-electron chi connectivity index (χ3n) is 1.62. The van der Waals surface area contributed by atoms with Crippen LogP contribution in [0.2, 0.25) is 5.02 Å². The van der Waals surface area contributed by atoms with Crippen LogP contribution >= 0.6 is 11.6 Å². The highest BCUT2D eigenvalue weighted by Crippen LogP contribution is 2.37. The Kier molecular flexibility index (Phi) is 1.43. The van der Waals surface area contributed by atoms with Crippen molar-refractivity contribution in [1.82, 2.24) is 0 Å². The molecule has 0 fully saturated rings. The Balaban J connectivity index is 2.60. The highest BCUT2D eigenvalue weighted by molar-refractivity contribution is 6.30. The predicted octanol–water partition coefficient (Wildman–Crippen LogP) is 2.38. The number of ether oxygens (including phenoxy) is 2. The van der Waals surface area contributed by atoms with Crippen LogP contribution in [0.15, 0.2) is 12.1 Å². The number of hydrogen-bond donors (Lipinski definition) is 0. The number of benzene rings is 1. The second-order valence-electron chi connectivity index (χ2n) is 2.46. The van der Waals surface area contributed by atoms with E-state index in [-0.39, 0.29) is 0 Å². The summed E-state index contributed by atoms with van der Waals surface area (Å²) in [7, 11) is 0. The van der Waals surface area contributed by atoms with Gasteiger partial charge in [0, 0.05) is 11.1 Å². The molecule has 2 rings (SSSR count). The molecular weight excluding hydrogens is 164 g/mol. The molecule has 1 aliphatic rings. The topological polar surface area (TPSA) is 18.5 Å². The first-order valence-corrected chi connectivity index (χ1v) is 3.71. The molecule has 0 spiro atoms. The van der Waals surface area contributed by atoms with E-state index in [1.807, 2.05) is 13.0 Å². The predicted molar refractivity (Wildman–Crippen MR) is 42.3 cm³/mol. The normalized spacial score (nSPS) is 13.6. The molecule has 1 aliphatic heterocycles. The molecule has 11 heavy (non-hydrogen) atoms. The maximum absolute atomic E-state index is 5.79. The van der Waals surface area contributed by atoms with Gasteiger partial charge >= 0.3 is 0 Å². The van der Waals surface area contributed by atoms with Gasteiger partial charge in [0.05, 0.1) is 0 Å². The summed E-state index contributed by atoms with van der Waals surface area (Å²) in [6.45, 7) is 2.25. The van der Waals surface area contributed by atoms with Crippen LogP contribution < -0.4 is 9.47 Å². The molecule has 0 saturated carbocycles. The summed E-state index contributed by atoms with van der Waals surface area (Å²) in [5.74, 6) is 1.56. The summed E-state index contributed by atoms with van der Waals surface area (Å²) in [5, 5.41) is 0.687. The fourth-order valence-electron chi connectivity index (χ4n) is 1.14. The third-order valence-corrected chi connectivity index (χ3v) is 1.84. The Morgan fingerprint density at radius 1 is 1.36 bits per heavy atom. The minimum absolute atomic E-state index is 0.302. The summed E-state index contributed by atoms with van der Waals surface area (Å²) in [6.07, 6.45) is 0. The van der Waals surface area contributed by atoms with Crippen LogP contribution in [0.4, 0.5) is 0 Å². The Bertz CT molecular complexity index is 296. The second-order valence-corrected chi connectivity index (χ2v) is 2.89. The SMILES string of the molecule is Cc1cc(Cl)cc2c1OCO2. The van der Waals surface area contributed by atoms with Gasteiger partial charge in [-0.2, -0.15) is 0 Å². The van der Waals surface area contributed by atoms with Crippen molar-refractivity contribution >= 4 is 11.6 Å². The van der Waals surface area contributed by atoms with Gasteiger partial charge in [-0.15, -0.1) is 0 Å². The van der Waals surface area contributed by atoms with E-state index in [0.29, 0.717) is 11.8 Å². The first kappa shape index (κ1) is 6.80. The van der Waals surface area contributed by atoms with E-state index in [2.05, 4.69) is 0 Å². The van der Waals surface area contributed by atoms with E-state index in [1.165, 1.54) is 0 Å². The standard InChI is InChI=1S/C8H7ClO2/c1-5-2-6(9)3-7-8(5)11-4-10-7/h2-3H,4H2,1H3. The molecule has 0 saturated heterocycles. The van der Waals surface area contributed by atoms with Gasteiger partial charge in [-0.3, -0.25) is 0 Å². The van der Waals surface area contributed by atoms with Crippen LogP contribution in [-0.4, -0.2) is 6.79 Å². The fraction of sp³-hybridized carbons (Fsp3) is 0.250. The molecule has 0 bridgehead atoms. The van der Waals surface area contributed by atoms with Crippen molar-refractivity contribution in [3.05, 3.63) is 22.7 Å². The zero-order valence-corrected chi connectivity index (χ0v) is 6.81. The van der Waals surface area contributed by atoms with Crippen molar-refractivity contribution < 1.29 is 9.47 Å². The van der Waals surface area contributed by atoms with Crippen LogP contribution in [0.3, 0.4) is 0 Å². The van der Waals surface area contributed by atoms with E-state index >= 15 is 0 Å². The second kappa shape index (κ2) is 2.31. The molecule has 1 heterocycles. The van der Waals surface area contributed by atoms with Gasteiger partial charge in [0.25, 0.3) is 0 Å². The van der Waals surface area contributed by atoms with Crippen molar-refractivity contribution in [3.8, 4) is 11.5 Å². The van der Waals surface area contributed by atoms with Crippen LogP contribution in [-0.2, 0) is 0 Å². The molecule has 0 radical (unpaired) electrons. The Labute approximate surface area is 69.7 Å². The largest absolute Gasteiger partial charge is 0.454 e. The van der Waals surface area contributed by atoms with Crippen LogP contribution in [0.25, 0.3) is 0 Å². The molecule has 0 aromatic heterocycles. The summed E-state index contributed by atoms with van der Waals surface area (Å²) in [4.78, 5) is 0. The Hall–Kier alpha value is -0.890.